The largest absolute Gasteiger partial charge is 3.00 e. The third-order valence-corrected chi connectivity index (χ3v) is 0. The minimum Gasteiger partial charge on any atom is -0.688 e. The summed E-state index contributed by atoms with van der Waals surface area (Å²) < 4.78 is 0. The predicted octanol–water partition coefficient (Wildman–Crippen LogP) is -6.11. The first-order valence-electron chi connectivity index (χ1n) is 3.04. The molecule has 0 amide bonds. The van der Waals surface area contributed by atoms with Crippen LogP contribution in [0.15, 0.2) is 0 Å². The monoisotopic (exact) mass is 312 g/mol. The molecular formula is C3H12AlO9P3. The van der Waals surface area contributed by atoms with Crippen LogP contribution in [0.2, 0.25) is 0 Å². The Balaban J connectivity index is -0.0000000655. The van der Waals surface area contributed by atoms with Crippen molar-refractivity contribution in [2.45, 2.75) is 0 Å². The first kappa shape index (κ1) is 26.1. The van der Waals surface area contributed by atoms with Gasteiger partial charge in [-0.2, -0.15) is 7.94 Å². The molecule has 0 atom stereocenters. The first-order chi connectivity index (χ1) is 6.00. The molecule has 0 aliphatic heterocycles. The van der Waals surface area contributed by atoms with Crippen molar-refractivity contribution in [3.8, 4) is 0 Å². The number of rotatable bonds is 0. The average Bonchev–Trinajstić information content (AvgIpc) is 1.41. The SMILES string of the molecule is C[P+]([O-])(O)O.C[P+]([O-])([O-])O.C[P+]([O-])([O-])[O-].[Al+3]. The van der Waals surface area contributed by atoms with Gasteiger partial charge in [0.1, 0.15) is 0 Å². The fourth-order valence-corrected chi connectivity index (χ4v) is 0. The van der Waals surface area contributed by atoms with Crippen LogP contribution in [0.1, 0.15) is 0 Å². The van der Waals surface area contributed by atoms with Crippen molar-refractivity contribution in [2.24, 2.45) is 0 Å². The number of hydrogen-bond acceptors (Lipinski definition) is 9. The quantitative estimate of drug-likeness (QED) is 0.287. The molecule has 16 heavy (non-hydrogen) atoms. The zero-order valence-corrected chi connectivity index (χ0v) is 12.5. The fraction of sp³-hybridized carbons (Fsp3) is 1.00. The molecule has 0 saturated carbocycles. The average molecular weight is 312 g/mol. The van der Waals surface area contributed by atoms with Crippen LogP contribution in [0.5, 0.6) is 0 Å². The van der Waals surface area contributed by atoms with E-state index >= 15 is 0 Å². The minimum absolute atomic E-state index is 0. The molecule has 96 valence electrons. The van der Waals surface area contributed by atoms with E-state index in [-0.39, 0.29) is 17.4 Å². The Labute approximate surface area is 106 Å². The molecule has 0 spiro atoms. The van der Waals surface area contributed by atoms with Gasteiger partial charge in [0.25, 0.3) is 0 Å². The molecule has 13 heteroatoms. The summed E-state index contributed by atoms with van der Waals surface area (Å²) >= 11 is 0. The van der Waals surface area contributed by atoms with Gasteiger partial charge in [-0.3, -0.25) is 4.89 Å². The van der Waals surface area contributed by atoms with Gasteiger partial charge in [-0.25, -0.2) is 9.79 Å². The van der Waals surface area contributed by atoms with E-state index < -0.39 is 23.8 Å². The van der Waals surface area contributed by atoms with Gasteiger partial charge in [0.2, 0.25) is 7.94 Å². The van der Waals surface area contributed by atoms with Crippen molar-refractivity contribution in [1.82, 2.24) is 0 Å². The zero-order valence-electron chi connectivity index (χ0n) is 8.71. The van der Waals surface area contributed by atoms with E-state index in [1.807, 2.05) is 0 Å². The summed E-state index contributed by atoms with van der Waals surface area (Å²) in [5.41, 5.74) is 0. The van der Waals surface area contributed by atoms with E-state index in [1.54, 1.807) is 0 Å². The summed E-state index contributed by atoms with van der Waals surface area (Å²) in [7, 11) is -11.7. The van der Waals surface area contributed by atoms with Gasteiger partial charge in [-0.1, -0.05) is 0 Å². The Morgan fingerprint density at radius 3 is 0.688 bits per heavy atom. The van der Waals surface area contributed by atoms with E-state index in [2.05, 4.69) is 0 Å². The van der Waals surface area contributed by atoms with Crippen molar-refractivity contribution in [3.05, 3.63) is 0 Å². The third kappa shape index (κ3) is 1510. The summed E-state index contributed by atoms with van der Waals surface area (Å²) in [4.78, 5) is 77.9. The van der Waals surface area contributed by atoms with Gasteiger partial charge in [-0.15, -0.1) is 0 Å². The molecule has 9 nitrogen and oxygen atoms in total. The molecular weight excluding hydrogens is 300 g/mol. The Morgan fingerprint density at radius 1 is 0.688 bits per heavy atom. The standard InChI is InChI=1S/3CH5O3P.Al/c3*1-5(2,3)4;/h3*1H3,(H2,2,3,4);/q;;;+3/p-3. The second-order valence-corrected chi connectivity index (χ2v) is 7.23. The molecule has 3 N–H and O–H groups in total. The molecule has 0 rings (SSSR count). The summed E-state index contributed by atoms with van der Waals surface area (Å²) in [5.74, 6) is 0. The molecule has 0 unspecified atom stereocenters. The maximum atomic E-state index is 9.33. The molecule has 0 aromatic carbocycles. The Hall–Kier alpha value is 1.46. The topological polar surface area (TPSA) is 199 Å². The summed E-state index contributed by atoms with van der Waals surface area (Å²) in [6, 6.07) is 0. The van der Waals surface area contributed by atoms with Crippen molar-refractivity contribution in [2.75, 3.05) is 20.0 Å². The molecule has 0 fully saturated rings. The smallest absolute Gasteiger partial charge is 0.688 e. The zero-order chi connectivity index (χ0) is 13.5. The second-order valence-electron chi connectivity index (χ2n) is 2.41. The molecule has 0 aliphatic rings. The molecule has 0 bridgehead atoms. The summed E-state index contributed by atoms with van der Waals surface area (Å²) in [5, 5.41) is 0. The Kier molecular flexibility index (Phi) is 17.0. The first-order valence-corrected chi connectivity index (χ1v) is 9.11. The van der Waals surface area contributed by atoms with E-state index in [4.69, 9.17) is 29.4 Å². The fourth-order valence-electron chi connectivity index (χ4n) is 0. The van der Waals surface area contributed by atoms with Crippen LogP contribution in [0, 0.1) is 0 Å². The maximum absolute atomic E-state index is 9.33. The predicted molar refractivity (Wildman–Crippen MR) is 50.9 cm³/mol. The van der Waals surface area contributed by atoms with Gasteiger partial charge < -0.3 is 29.4 Å². The van der Waals surface area contributed by atoms with E-state index in [0.29, 0.717) is 6.66 Å². The molecule has 0 aromatic heterocycles. The van der Waals surface area contributed by atoms with Crippen LogP contribution in [0.25, 0.3) is 0 Å². The van der Waals surface area contributed by atoms with Gasteiger partial charge in [0.05, 0.1) is 13.3 Å². The van der Waals surface area contributed by atoms with Crippen molar-refractivity contribution >= 4 is 41.2 Å². The molecule has 0 radical (unpaired) electrons. The van der Waals surface area contributed by atoms with E-state index in [0.717, 1.165) is 13.3 Å². The van der Waals surface area contributed by atoms with Crippen LogP contribution >= 0.6 is 23.8 Å². The van der Waals surface area contributed by atoms with Crippen LogP contribution in [0.4, 0.5) is 0 Å². The van der Waals surface area contributed by atoms with Gasteiger partial charge >= 0.3 is 17.4 Å². The molecule has 0 aliphatic carbocycles. The molecule has 0 aromatic rings. The van der Waals surface area contributed by atoms with Crippen LogP contribution < -0.4 is 29.4 Å². The van der Waals surface area contributed by atoms with Gasteiger partial charge in [0, 0.05) is 14.6 Å². The van der Waals surface area contributed by atoms with Crippen molar-refractivity contribution < 1.29 is 44.0 Å². The molecule has 0 saturated heterocycles. The third-order valence-electron chi connectivity index (χ3n) is 0. The Bertz CT molecular complexity index is 101. The number of hydrogen-bond donors (Lipinski definition) is 3. The van der Waals surface area contributed by atoms with Crippen molar-refractivity contribution in [3.63, 3.8) is 0 Å². The molecule has 0 heterocycles. The van der Waals surface area contributed by atoms with Gasteiger partial charge in [-0.05, 0) is 0 Å². The van der Waals surface area contributed by atoms with E-state index in [9.17, 15) is 14.7 Å². The minimum atomic E-state index is -4.14. The van der Waals surface area contributed by atoms with Gasteiger partial charge in [0.15, 0.2) is 0 Å². The van der Waals surface area contributed by atoms with Crippen LogP contribution in [0.3, 0.4) is 0 Å². The maximum Gasteiger partial charge on any atom is 3.00 e. The normalized spacial score (nSPS) is 11.2. The van der Waals surface area contributed by atoms with Crippen LogP contribution in [-0.4, -0.2) is 52.0 Å². The van der Waals surface area contributed by atoms with E-state index in [1.165, 1.54) is 0 Å². The summed E-state index contributed by atoms with van der Waals surface area (Å²) in [6.45, 7) is 2.23. The summed E-state index contributed by atoms with van der Waals surface area (Å²) in [6.07, 6.45) is 0. The van der Waals surface area contributed by atoms with Crippen LogP contribution in [-0.2, 0) is 0 Å². The Morgan fingerprint density at radius 2 is 0.688 bits per heavy atom. The second kappa shape index (κ2) is 10.4. The van der Waals surface area contributed by atoms with Crippen molar-refractivity contribution in [1.29, 1.82) is 0 Å².